The van der Waals surface area contributed by atoms with Gasteiger partial charge in [-0.25, -0.2) is 0 Å². The summed E-state index contributed by atoms with van der Waals surface area (Å²) in [6.45, 7) is 0. The summed E-state index contributed by atoms with van der Waals surface area (Å²) in [7, 11) is 0. The topological polar surface area (TPSA) is 41.8 Å². The molecule has 1 aliphatic carbocycles. The van der Waals surface area contributed by atoms with Gasteiger partial charge in [0.05, 0.1) is 5.70 Å². The summed E-state index contributed by atoms with van der Waals surface area (Å²) in [5.74, 6) is -0.0828. The maximum atomic E-state index is 11.4. The lowest BCUT2D eigenvalue weighted by molar-refractivity contribution is -0.114. The molecule has 1 aliphatic heterocycles. The van der Waals surface area contributed by atoms with Crippen molar-refractivity contribution in [2.45, 2.75) is 51.4 Å². The van der Waals surface area contributed by atoms with Crippen molar-refractivity contribution >= 4 is 5.91 Å². The molecule has 0 saturated carbocycles. The van der Waals surface area contributed by atoms with Crippen molar-refractivity contribution in [1.82, 2.24) is 0 Å². The van der Waals surface area contributed by atoms with E-state index in [2.05, 4.69) is 10.2 Å². The number of rotatable bonds is 0. The van der Waals surface area contributed by atoms with Crippen LogP contribution in [-0.2, 0) is 4.79 Å². The molecule has 0 aromatic rings. The van der Waals surface area contributed by atoms with Crippen LogP contribution in [0.3, 0.4) is 0 Å². The van der Waals surface area contributed by atoms with Gasteiger partial charge in [-0.3, -0.25) is 4.79 Å². The first kappa shape index (κ1) is 9.56. The van der Waals surface area contributed by atoms with Gasteiger partial charge in [-0.15, -0.1) is 5.11 Å². The predicted molar refractivity (Wildman–Crippen MR) is 53.8 cm³/mol. The molecular weight excluding hydrogens is 176 g/mol. The van der Waals surface area contributed by atoms with Crippen LogP contribution in [0.15, 0.2) is 21.5 Å². The van der Waals surface area contributed by atoms with E-state index >= 15 is 0 Å². The zero-order chi connectivity index (χ0) is 9.80. The fraction of sp³-hybridized carbons (Fsp3) is 0.727. The third-order valence-corrected chi connectivity index (χ3v) is 2.96. The Balaban J connectivity index is 2.08. The van der Waals surface area contributed by atoms with Crippen molar-refractivity contribution in [3.05, 3.63) is 11.3 Å². The molecule has 0 spiro atoms. The van der Waals surface area contributed by atoms with Crippen LogP contribution in [0.5, 0.6) is 0 Å². The van der Waals surface area contributed by atoms with Gasteiger partial charge in [-0.1, -0.05) is 25.7 Å². The molecule has 3 nitrogen and oxygen atoms in total. The maximum Gasteiger partial charge on any atom is 0.293 e. The molecule has 0 fully saturated rings. The smallest absolute Gasteiger partial charge is 0.265 e. The van der Waals surface area contributed by atoms with Crippen molar-refractivity contribution < 1.29 is 4.79 Å². The second-order valence-electron chi connectivity index (χ2n) is 4.05. The molecule has 0 saturated heterocycles. The standard InChI is InChI=1S/C11H16N2O/c14-11-9-7-5-3-1-2-4-6-8-10(9)12-13-11/h1-8H2. The highest BCUT2D eigenvalue weighted by atomic mass is 16.2. The Morgan fingerprint density at radius 1 is 0.786 bits per heavy atom. The first-order valence-electron chi connectivity index (χ1n) is 5.56. The summed E-state index contributed by atoms with van der Waals surface area (Å²) in [4.78, 5) is 11.4. The van der Waals surface area contributed by atoms with Gasteiger partial charge >= 0.3 is 0 Å². The van der Waals surface area contributed by atoms with Gasteiger partial charge in [-0.05, 0) is 25.7 Å². The second-order valence-corrected chi connectivity index (χ2v) is 4.05. The summed E-state index contributed by atoms with van der Waals surface area (Å²) in [5.41, 5.74) is 1.86. The van der Waals surface area contributed by atoms with Gasteiger partial charge in [0, 0.05) is 5.57 Å². The number of carbonyl (C=O) groups is 1. The van der Waals surface area contributed by atoms with Crippen LogP contribution < -0.4 is 0 Å². The van der Waals surface area contributed by atoms with E-state index in [1.54, 1.807) is 0 Å². The molecule has 3 heteroatoms. The Morgan fingerprint density at radius 3 is 2.21 bits per heavy atom. The molecule has 0 atom stereocenters. The molecule has 0 bridgehead atoms. The highest BCUT2D eigenvalue weighted by Gasteiger charge is 2.20. The monoisotopic (exact) mass is 192 g/mol. The molecule has 2 aliphatic rings. The highest BCUT2D eigenvalue weighted by Crippen LogP contribution is 2.27. The van der Waals surface area contributed by atoms with E-state index in [1.807, 2.05) is 0 Å². The molecule has 1 heterocycles. The molecule has 76 valence electrons. The molecule has 1 amide bonds. The Labute approximate surface area is 84.3 Å². The first-order chi connectivity index (χ1) is 6.88. The minimum atomic E-state index is -0.0828. The summed E-state index contributed by atoms with van der Waals surface area (Å²) < 4.78 is 0. The Kier molecular flexibility index (Phi) is 3.07. The molecule has 0 aromatic carbocycles. The summed E-state index contributed by atoms with van der Waals surface area (Å²) in [5, 5.41) is 7.60. The van der Waals surface area contributed by atoms with E-state index in [1.165, 1.54) is 25.7 Å². The fourth-order valence-electron chi connectivity index (χ4n) is 2.10. The molecule has 0 N–H and O–H groups in total. The lowest BCUT2D eigenvalue weighted by atomic mass is 9.98. The number of nitrogens with zero attached hydrogens (tertiary/aromatic N) is 2. The zero-order valence-electron chi connectivity index (χ0n) is 8.46. The first-order valence-corrected chi connectivity index (χ1v) is 5.56. The van der Waals surface area contributed by atoms with Gasteiger partial charge in [-0.2, -0.15) is 5.11 Å². The SMILES string of the molecule is O=C1N=NC2=C1CCCCCCCC2. The second kappa shape index (κ2) is 4.49. The molecule has 0 radical (unpaired) electrons. The molecule has 14 heavy (non-hydrogen) atoms. The normalized spacial score (nSPS) is 23.9. The van der Waals surface area contributed by atoms with Crippen molar-refractivity contribution in [2.75, 3.05) is 0 Å². The minimum Gasteiger partial charge on any atom is -0.265 e. The van der Waals surface area contributed by atoms with E-state index < -0.39 is 0 Å². The van der Waals surface area contributed by atoms with Crippen LogP contribution in [0.2, 0.25) is 0 Å². The van der Waals surface area contributed by atoms with Crippen LogP contribution in [0.1, 0.15) is 51.4 Å². The number of hydrogen-bond donors (Lipinski definition) is 0. The van der Waals surface area contributed by atoms with Gasteiger partial charge in [0.25, 0.3) is 5.91 Å². The number of hydrogen-bond acceptors (Lipinski definition) is 2. The number of allylic oxidation sites excluding steroid dienone is 1. The van der Waals surface area contributed by atoms with Gasteiger partial charge < -0.3 is 0 Å². The third-order valence-electron chi connectivity index (χ3n) is 2.96. The number of amides is 1. The Bertz CT molecular complexity index is 280. The van der Waals surface area contributed by atoms with E-state index in [-0.39, 0.29) is 5.91 Å². The van der Waals surface area contributed by atoms with Crippen LogP contribution in [-0.4, -0.2) is 5.91 Å². The van der Waals surface area contributed by atoms with Gasteiger partial charge in [0.15, 0.2) is 0 Å². The molecule has 0 unspecified atom stereocenters. The largest absolute Gasteiger partial charge is 0.293 e. The van der Waals surface area contributed by atoms with E-state index in [9.17, 15) is 4.79 Å². The zero-order valence-corrected chi connectivity index (χ0v) is 8.46. The van der Waals surface area contributed by atoms with Crippen LogP contribution in [0, 0.1) is 0 Å². The molecule has 2 rings (SSSR count). The summed E-state index contributed by atoms with van der Waals surface area (Å²) >= 11 is 0. The van der Waals surface area contributed by atoms with Crippen molar-refractivity contribution in [3.8, 4) is 0 Å². The lowest BCUT2D eigenvalue weighted by Crippen LogP contribution is -1.98. The van der Waals surface area contributed by atoms with Gasteiger partial charge in [0.2, 0.25) is 0 Å². The Hall–Kier alpha value is -0.990. The van der Waals surface area contributed by atoms with Gasteiger partial charge in [0.1, 0.15) is 0 Å². The molecule has 0 aromatic heterocycles. The average molecular weight is 192 g/mol. The van der Waals surface area contributed by atoms with E-state index in [0.717, 1.165) is 37.0 Å². The molecular formula is C11H16N2O. The van der Waals surface area contributed by atoms with Crippen molar-refractivity contribution in [2.24, 2.45) is 10.2 Å². The Morgan fingerprint density at radius 2 is 1.43 bits per heavy atom. The summed E-state index contributed by atoms with van der Waals surface area (Å²) in [6, 6.07) is 0. The van der Waals surface area contributed by atoms with Crippen LogP contribution in [0.4, 0.5) is 0 Å². The van der Waals surface area contributed by atoms with Crippen molar-refractivity contribution in [3.63, 3.8) is 0 Å². The quantitative estimate of drug-likeness (QED) is 0.580. The van der Waals surface area contributed by atoms with E-state index in [0.29, 0.717) is 0 Å². The minimum absolute atomic E-state index is 0.0828. The number of carbonyl (C=O) groups excluding carboxylic acids is 1. The maximum absolute atomic E-state index is 11.4. The highest BCUT2D eigenvalue weighted by molar-refractivity contribution is 5.96. The fourth-order valence-corrected chi connectivity index (χ4v) is 2.10. The average Bonchev–Trinajstić information content (AvgIpc) is 2.55. The number of azo groups is 1. The van der Waals surface area contributed by atoms with Crippen LogP contribution >= 0.6 is 0 Å². The third kappa shape index (κ3) is 2.08. The predicted octanol–water partition coefficient (Wildman–Crippen LogP) is 3.37. The van der Waals surface area contributed by atoms with E-state index in [4.69, 9.17) is 0 Å². The van der Waals surface area contributed by atoms with Crippen LogP contribution in [0.25, 0.3) is 0 Å². The van der Waals surface area contributed by atoms with Crippen molar-refractivity contribution in [1.29, 1.82) is 0 Å². The lowest BCUT2D eigenvalue weighted by Gasteiger charge is -2.07. The summed E-state index contributed by atoms with van der Waals surface area (Å²) in [6.07, 6.45) is 9.26.